The molecule has 0 bridgehead atoms. The van der Waals surface area contributed by atoms with Crippen LogP contribution in [0.5, 0.6) is 0 Å². The average molecular weight is 111 g/mol. The molecule has 0 amide bonds. The highest BCUT2D eigenvalue weighted by Crippen LogP contribution is 2.02. The summed E-state index contributed by atoms with van der Waals surface area (Å²) in [4.78, 5) is 6.09. The molecular formula is C6H11N2. The van der Waals surface area contributed by atoms with E-state index in [1.54, 1.807) is 7.05 Å². The molecule has 0 spiro atoms. The van der Waals surface area contributed by atoms with Crippen molar-refractivity contribution < 1.29 is 0 Å². The Bertz CT molecular complexity index is 82.5. The molecule has 1 fully saturated rings. The van der Waals surface area contributed by atoms with E-state index in [1.165, 1.54) is 6.42 Å². The molecule has 2 nitrogen and oxygen atoms in total. The fraction of sp³-hybridized carbons (Fsp3) is 0.667. The van der Waals surface area contributed by atoms with E-state index in [1.807, 2.05) is 6.34 Å². The third kappa shape index (κ3) is 1.22. The lowest BCUT2D eigenvalue weighted by molar-refractivity contribution is 0.542. The first kappa shape index (κ1) is 5.60. The quantitative estimate of drug-likeness (QED) is 0.356. The maximum atomic E-state index is 3.90. The monoisotopic (exact) mass is 111 g/mol. The van der Waals surface area contributed by atoms with Gasteiger partial charge in [-0.25, -0.2) is 0 Å². The fourth-order valence-electron chi connectivity index (χ4n) is 0.874. The summed E-state index contributed by atoms with van der Waals surface area (Å²) >= 11 is 0. The normalized spacial score (nSPS) is 20.9. The van der Waals surface area contributed by atoms with Gasteiger partial charge in [-0.05, 0) is 12.8 Å². The molecule has 1 heterocycles. The second-order valence-corrected chi connectivity index (χ2v) is 1.95. The molecule has 1 rings (SSSR count). The van der Waals surface area contributed by atoms with Crippen molar-refractivity contribution in [3.05, 3.63) is 6.42 Å². The highest BCUT2D eigenvalue weighted by atomic mass is 15.2. The molecule has 45 valence electrons. The minimum Gasteiger partial charge on any atom is -0.363 e. The van der Waals surface area contributed by atoms with Gasteiger partial charge in [-0.3, -0.25) is 4.99 Å². The third-order valence-electron chi connectivity index (χ3n) is 1.26. The minimum absolute atomic E-state index is 1.08. The second-order valence-electron chi connectivity index (χ2n) is 1.95. The minimum atomic E-state index is 1.08. The van der Waals surface area contributed by atoms with Crippen LogP contribution in [-0.4, -0.2) is 31.4 Å². The SMILES string of the molecule is C/N=C/N1C[CH]CC1. The summed E-state index contributed by atoms with van der Waals surface area (Å²) in [6.07, 6.45) is 5.37. The van der Waals surface area contributed by atoms with Crippen molar-refractivity contribution in [1.29, 1.82) is 0 Å². The number of aliphatic imine (C=N–C) groups is 1. The number of rotatable bonds is 1. The first-order valence-corrected chi connectivity index (χ1v) is 2.91. The highest BCUT2D eigenvalue weighted by Gasteiger charge is 2.05. The van der Waals surface area contributed by atoms with Gasteiger partial charge in [0.1, 0.15) is 0 Å². The molecule has 1 aliphatic rings. The van der Waals surface area contributed by atoms with E-state index in [0.29, 0.717) is 0 Å². The third-order valence-corrected chi connectivity index (χ3v) is 1.26. The Kier molecular flexibility index (Phi) is 1.89. The van der Waals surface area contributed by atoms with Gasteiger partial charge in [0.25, 0.3) is 0 Å². The van der Waals surface area contributed by atoms with Crippen molar-refractivity contribution in [3.63, 3.8) is 0 Å². The summed E-state index contributed by atoms with van der Waals surface area (Å²) in [7, 11) is 1.80. The summed E-state index contributed by atoms with van der Waals surface area (Å²) in [6, 6.07) is 0. The predicted octanol–water partition coefficient (Wildman–Crippen LogP) is 0.554. The second kappa shape index (κ2) is 2.70. The molecule has 0 aromatic carbocycles. The summed E-state index contributed by atoms with van der Waals surface area (Å²) < 4.78 is 0. The smallest absolute Gasteiger partial charge is 0.0846 e. The lowest BCUT2D eigenvalue weighted by Gasteiger charge is -2.06. The van der Waals surface area contributed by atoms with Crippen LogP contribution in [0.1, 0.15) is 6.42 Å². The Morgan fingerprint density at radius 1 is 1.75 bits per heavy atom. The number of hydrogen-bond donors (Lipinski definition) is 0. The van der Waals surface area contributed by atoms with Crippen LogP contribution in [0.3, 0.4) is 0 Å². The largest absolute Gasteiger partial charge is 0.363 e. The molecule has 0 aromatic heterocycles. The van der Waals surface area contributed by atoms with Crippen molar-refractivity contribution in [2.24, 2.45) is 4.99 Å². The van der Waals surface area contributed by atoms with E-state index >= 15 is 0 Å². The van der Waals surface area contributed by atoms with Gasteiger partial charge in [0, 0.05) is 20.1 Å². The van der Waals surface area contributed by atoms with E-state index < -0.39 is 0 Å². The van der Waals surface area contributed by atoms with Crippen LogP contribution >= 0.6 is 0 Å². The van der Waals surface area contributed by atoms with Gasteiger partial charge < -0.3 is 4.90 Å². The number of hydrogen-bond acceptors (Lipinski definition) is 1. The van der Waals surface area contributed by atoms with Crippen molar-refractivity contribution in [2.75, 3.05) is 20.1 Å². The average Bonchev–Trinajstić information content (AvgIpc) is 2.19. The summed E-state index contributed by atoms with van der Waals surface area (Å²) in [6.45, 7) is 2.23. The zero-order valence-corrected chi connectivity index (χ0v) is 5.17. The molecule has 1 radical (unpaired) electrons. The molecule has 0 saturated carbocycles. The van der Waals surface area contributed by atoms with Gasteiger partial charge in [-0.15, -0.1) is 0 Å². The van der Waals surface area contributed by atoms with Crippen LogP contribution in [0.4, 0.5) is 0 Å². The van der Waals surface area contributed by atoms with Crippen LogP contribution in [-0.2, 0) is 0 Å². The molecule has 0 aromatic rings. The van der Waals surface area contributed by atoms with Crippen molar-refractivity contribution in [1.82, 2.24) is 4.90 Å². The van der Waals surface area contributed by atoms with Crippen LogP contribution in [0.2, 0.25) is 0 Å². The van der Waals surface area contributed by atoms with Gasteiger partial charge in [-0.2, -0.15) is 0 Å². The molecule has 0 N–H and O–H groups in total. The van der Waals surface area contributed by atoms with E-state index in [9.17, 15) is 0 Å². The maximum Gasteiger partial charge on any atom is 0.0846 e. The Labute approximate surface area is 50.2 Å². The van der Waals surface area contributed by atoms with E-state index in [-0.39, 0.29) is 0 Å². The molecular weight excluding hydrogens is 100 g/mol. The topological polar surface area (TPSA) is 15.6 Å². The standard InChI is InChI=1S/C6H11N2/c1-7-6-8-4-2-3-5-8/h2,6H,3-5H2,1H3/b7-6+. The van der Waals surface area contributed by atoms with Crippen molar-refractivity contribution in [3.8, 4) is 0 Å². The lowest BCUT2D eigenvalue weighted by Crippen LogP contribution is -2.16. The Hall–Kier alpha value is -0.530. The first-order chi connectivity index (χ1) is 3.93. The molecule has 0 unspecified atom stereocenters. The Balaban J connectivity index is 2.24. The van der Waals surface area contributed by atoms with Crippen molar-refractivity contribution in [2.45, 2.75) is 6.42 Å². The van der Waals surface area contributed by atoms with Gasteiger partial charge in [0.15, 0.2) is 0 Å². The van der Waals surface area contributed by atoms with Gasteiger partial charge in [0.05, 0.1) is 6.34 Å². The van der Waals surface area contributed by atoms with Gasteiger partial charge in [0.2, 0.25) is 0 Å². The van der Waals surface area contributed by atoms with Crippen molar-refractivity contribution >= 4 is 6.34 Å². The molecule has 0 atom stereocenters. The summed E-state index contributed by atoms with van der Waals surface area (Å²) in [5.74, 6) is 0. The fourth-order valence-corrected chi connectivity index (χ4v) is 0.874. The highest BCUT2D eigenvalue weighted by molar-refractivity contribution is 5.55. The van der Waals surface area contributed by atoms with Crippen LogP contribution < -0.4 is 0 Å². The van der Waals surface area contributed by atoms with Gasteiger partial charge >= 0.3 is 0 Å². The van der Waals surface area contributed by atoms with Crippen LogP contribution in [0.25, 0.3) is 0 Å². The maximum absolute atomic E-state index is 3.90. The zero-order chi connectivity index (χ0) is 5.82. The Morgan fingerprint density at radius 3 is 3.12 bits per heavy atom. The Morgan fingerprint density at radius 2 is 2.62 bits per heavy atom. The molecule has 2 heteroatoms. The molecule has 1 aliphatic heterocycles. The number of likely N-dealkylation sites (tertiary alicyclic amines) is 1. The molecule has 0 aliphatic carbocycles. The molecule has 1 saturated heterocycles. The summed E-state index contributed by atoms with van der Waals surface area (Å²) in [5.41, 5.74) is 0. The van der Waals surface area contributed by atoms with E-state index in [4.69, 9.17) is 0 Å². The number of nitrogens with zero attached hydrogens (tertiary/aromatic N) is 2. The predicted molar refractivity (Wildman–Crippen MR) is 34.9 cm³/mol. The van der Waals surface area contributed by atoms with Crippen LogP contribution in [0.15, 0.2) is 4.99 Å². The van der Waals surface area contributed by atoms with E-state index in [2.05, 4.69) is 16.3 Å². The summed E-state index contributed by atoms with van der Waals surface area (Å²) in [5, 5.41) is 0. The lowest BCUT2D eigenvalue weighted by atomic mass is 10.4. The molecule has 8 heavy (non-hydrogen) atoms. The van der Waals surface area contributed by atoms with Gasteiger partial charge in [-0.1, -0.05) is 0 Å². The zero-order valence-electron chi connectivity index (χ0n) is 5.17. The first-order valence-electron chi connectivity index (χ1n) is 2.91. The van der Waals surface area contributed by atoms with E-state index in [0.717, 1.165) is 13.1 Å². The van der Waals surface area contributed by atoms with Crippen LogP contribution in [0, 0.1) is 6.42 Å².